The topological polar surface area (TPSA) is 29.9 Å². The maximum Gasteiger partial charge on any atom is 0.137 e. The van der Waals surface area contributed by atoms with Crippen molar-refractivity contribution in [3.8, 4) is 0 Å². The third-order valence-electron chi connectivity index (χ3n) is 3.05. The number of aromatic nitrogens is 2. The van der Waals surface area contributed by atoms with Gasteiger partial charge < -0.3 is 9.88 Å². The average Bonchev–Trinajstić information content (AvgIpc) is 2.91. The van der Waals surface area contributed by atoms with Crippen LogP contribution in [0.25, 0.3) is 0 Å². The second-order valence-corrected chi connectivity index (χ2v) is 5.36. The number of hydrogen-bond acceptors (Lipinski definition) is 2. The van der Waals surface area contributed by atoms with Crippen molar-refractivity contribution in [2.24, 2.45) is 0 Å². The fourth-order valence-corrected chi connectivity index (χ4v) is 2.30. The molecule has 3 nitrogen and oxygen atoms in total. The molecule has 0 aliphatic rings. The van der Waals surface area contributed by atoms with Crippen molar-refractivity contribution in [3.63, 3.8) is 0 Å². The van der Waals surface area contributed by atoms with Crippen LogP contribution < -0.4 is 5.32 Å². The minimum atomic E-state index is -0.226. The van der Waals surface area contributed by atoms with E-state index >= 15 is 0 Å². The van der Waals surface area contributed by atoms with Gasteiger partial charge in [0.15, 0.2) is 0 Å². The van der Waals surface area contributed by atoms with Gasteiger partial charge in [-0.15, -0.1) is 0 Å². The fourth-order valence-electron chi connectivity index (χ4n) is 1.90. The molecule has 2 aromatic rings. The zero-order chi connectivity index (χ0) is 13.7. The van der Waals surface area contributed by atoms with Crippen LogP contribution in [-0.2, 0) is 6.54 Å². The Labute approximate surface area is 121 Å². The molecule has 1 aromatic heterocycles. The zero-order valence-electron chi connectivity index (χ0n) is 10.8. The summed E-state index contributed by atoms with van der Waals surface area (Å²) >= 11 is 3.21. The number of imidazole rings is 1. The van der Waals surface area contributed by atoms with E-state index in [1.54, 1.807) is 6.20 Å². The summed E-state index contributed by atoms with van der Waals surface area (Å²) in [7, 11) is 0. The Bertz CT molecular complexity index is 513. The van der Waals surface area contributed by atoms with Crippen molar-refractivity contribution in [2.45, 2.75) is 25.9 Å². The summed E-state index contributed by atoms with van der Waals surface area (Å²) in [4.78, 5) is 4.00. The zero-order valence-corrected chi connectivity index (χ0v) is 12.4. The maximum atomic E-state index is 13.1. The van der Waals surface area contributed by atoms with Crippen LogP contribution in [-0.4, -0.2) is 16.1 Å². The molecule has 1 N–H and O–H groups in total. The lowest BCUT2D eigenvalue weighted by Crippen LogP contribution is -2.21. The highest BCUT2D eigenvalue weighted by Gasteiger charge is 2.07. The van der Waals surface area contributed by atoms with Gasteiger partial charge in [-0.2, -0.15) is 0 Å². The van der Waals surface area contributed by atoms with Crippen LogP contribution >= 0.6 is 15.9 Å². The van der Waals surface area contributed by atoms with Gasteiger partial charge in [0, 0.05) is 25.0 Å². The summed E-state index contributed by atoms with van der Waals surface area (Å²) in [6.45, 7) is 3.94. The minimum absolute atomic E-state index is 0.208. The quantitative estimate of drug-likeness (QED) is 0.823. The summed E-state index contributed by atoms with van der Waals surface area (Å²) in [5, 5.41) is 3.43. The van der Waals surface area contributed by atoms with Crippen LogP contribution in [0.15, 0.2) is 41.4 Å². The smallest absolute Gasteiger partial charge is 0.137 e. The van der Waals surface area contributed by atoms with Gasteiger partial charge in [0.1, 0.15) is 5.82 Å². The number of halogens is 2. The number of benzene rings is 1. The molecule has 0 aliphatic carbocycles. The molecule has 0 bridgehead atoms. The van der Waals surface area contributed by atoms with E-state index in [9.17, 15) is 4.39 Å². The second kappa shape index (κ2) is 6.82. The summed E-state index contributed by atoms with van der Waals surface area (Å²) in [5.74, 6) is -0.226. The lowest BCUT2D eigenvalue weighted by molar-refractivity contribution is 0.525. The normalized spacial score (nSPS) is 12.6. The Hall–Kier alpha value is -1.20. The number of nitrogens with one attached hydrogen (secondary N) is 1. The van der Waals surface area contributed by atoms with Crippen molar-refractivity contribution in [3.05, 3.63) is 52.8 Å². The van der Waals surface area contributed by atoms with E-state index in [1.165, 1.54) is 6.07 Å². The Balaban J connectivity index is 1.77. The monoisotopic (exact) mass is 325 g/mol. The SMILES string of the molecule is CC(NCCCn1ccnc1)c1ccc(F)c(Br)c1. The molecule has 1 heterocycles. The largest absolute Gasteiger partial charge is 0.337 e. The van der Waals surface area contributed by atoms with Gasteiger partial charge in [-0.3, -0.25) is 0 Å². The number of rotatable bonds is 6. The van der Waals surface area contributed by atoms with Gasteiger partial charge in [-0.25, -0.2) is 9.37 Å². The van der Waals surface area contributed by atoms with Crippen molar-refractivity contribution < 1.29 is 4.39 Å². The molecule has 1 unspecified atom stereocenters. The van der Waals surface area contributed by atoms with Crippen LogP contribution in [0.4, 0.5) is 4.39 Å². The van der Waals surface area contributed by atoms with E-state index < -0.39 is 0 Å². The number of nitrogens with zero attached hydrogens (tertiary/aromatic N) is 2. The van der Waals surface area contributed by atoms with Gasteiger partial charge >= 0.3 is 0 Å². The predicted molar refractivity (Wildman–Crippen MR) is 77.4 cm³/mol. The van der Waals surface area contributed by atoms with Crippen molar-refractivity contribution in [1.82, 2.24) is 14.9 Å². The Morgan fingerprint density at radius 1 is 1.47 bits per heavy atom. The van der Waals surface area contributed by atoms with Crippen molar-refractivity contribution in [2.75, 3.05) is 6.54 Å². The molecular weight excluding hydrogens is 309 g/mol. The lowest BCUT2D eigenvalue weighted by Gasteiger charge is -2.15. The van der Waals surface area contributed by atoms with E-state index in [4.69, 9.17) is 0 Å². The third-order valence-corrected chi connectivity index (χ3v) is 3.65. The van der Waals surface area contributed by atoms with E-state index in [0.717, 1.165) is 25.1 Å². The van der Waals surface area contributed by atoms with Gasteiger partial charge in [0.25, 0.3) is 0 Å². The molecule has 0 fully saturated rings. The van der Waals surface area contributed by atoms with Gasteiger partial charge in [0.05, 0.1) is 10.8 Å². The van der Waals surface area contributed by atoms with E-state index in [-0.39, 0.29) is 11.9 Å². The molecule has 0 radical (unpaired) electrons. The summed E-state index contributed by atoms with van der Waals surface area (Å²) in [6.07, 6.45) is 6.59. The van der Waals surface area contributed by atoms with Crippen LogP contribution in [0.3, 0.4) is 0 Å². The predicted octanol–water partition coefficient (Wildman–Crippen LogP) is 3.53. The van der Waals surface area contributed by atoms with Gasteiger partial charge in [-0.1, -0.05) is 6.07 Å². The van der Waals surface area contributed by atoms with Crippen LogP contribution in [0.5, 0.6) is 0 Å². The number of aryl methyl sites for hydroxylation is 1. The molecule has 19 heavy (non-hydrogen) atoms. The molecule has 1 atom stereocenters. The first-order valence-corrected chi connectivity index (χ1v) is 7.10. The fraction of sp³-hybridized carbons (Fsp3) is 0.357. The van der Waals surface area contributed by atoms with Crippen molar-refractivity contribution in [1.29, 1.82) is 0 Å². The molecule has 0 saturated heterocycles. The standard InChI is InChI=1S/C14H17BrFN3/c1-11(12-3-4-14(16)13(15)9-12)18-5-2-7-19-8-6-17-10-19/h3-4,6,8-11,18H,2,5,7H2,1H3. The first kappa shape index (κ1) is 14.2. The highest BCUT2D eigenvalue weighted by atomic mass is 79.9. The van der Waals surface area contributed by atoms with Crippen LogP contribution in [0.2, 0.25) is 0 Å². The summed E-state index contributed by atoms with van der Waals surface area (Å²) in [6, 6.07) is 5.33. The second-order valence-electron chi connectivity index (χ2n) is 4.50. The summed E-state index contributed by atoms with van der Waals surface area (Å²) in [5.41, 5.74) is 1.08. The first-order chi connectivity index (χ1) is 9.16. The number of hydrogen-bond donors (Lipinski definition) is 1. The third kappa shape index (κ3) is 4.14. The molecule has 5 heteroatoms. The minimum Gasteiger partial charge on any atom is -0.337 e. The van der Waals surface area contributed by atoms with E-state index in [1.807, 2.05) is 24.7 Å². The Morgan fingerprint density at radius 3 is 3.00 bits per heavy atom. The molecule has 0 aliphatic heterocycles. The van der Waals surface area contributed by atoms with Crippen LogP contribution in [0.1, 0.15) is 24.9 Å². The van der Waals surface area contributed by atoms with E-state index in [0.29, 0.717) is 4.47 Å². The molecule has 102 valence electrons. The molecular formula is C14H17BrFN3. The Kier molecular flexibility index (Phi) is 5.10. The van der Waals surface area contributed by atoms with Gasteiger partial charge in [0.2, 0.25) is 0 Å². The molecule has 1 aromatic carbocycles. The lowest BCUT2D eigenvalue weighted by atomic mass is 10.1. The highest BCUT2D eigenvalue weighted by molar-refractivity contribution is 9.10. The van der Waals surface area contributed by atoms with Crippen LogP contribution in [0, 0.1) is 5.82 Å². The maximum absolute atomic E-state index is 13.1. The molecule has 0 spiro atoms. The molecule has 0 amide bonds. The van der Waals surface area contributed by atoms with Crippen molar-refractivity contribution >= 4 is 15.9 Å². The molecule has 0 saturated carbocycles. The highest BCUT2D eigenvalue weighted by Crippen LogP contribution is 2.21. The summed E-state index contributed by atoms with van der Waals surface area (Å²) < 4.78 is 15.7. The Morgan fingerprint density at radius 2 is 2.32 bits per heavy atom. The van der Waals surface area contributed by atoms with E-state index in [2.05, 4.69) is 37.7 Å². The first-order valence-electron chi connectivity index (χ1n) is 6.31. The average molecular weight is 326 g/mol. The van der Waals surface area contributed by atoms with Gasteiger partial charge in [-0.05, 0) is 53.5 Å². The molecule has 2 rings (SSSR count).